The van der Waals surface area contributed by atoms with Gasteiger partial charge in [0.05, 0.1) is 6.04 Å². The van der Waals surface area contributed by atoms with Crippen molar-refractivity contribution in [1.82, 2.24) is 21.3 Å². The smallest absolute Gasteiger partial charge is 0.243 e. The number of carbonyl (C=O) groups is 4. The Bertz CT molecular complexity index is 1760. The van der Waals surface area contributed by atoms with Gasteiger partial charge in [0.25, 0.3) is 0 Å². The van der Waals surface area contributed by atoms with Gasteiger partial charge in [0, 0.05) is 12.8 Å². The lowest BCUT2D eigenvalue weighted by atomic mass is 9.95. The van der Waals surface area contributed by atoms with Crippen molar-refractivity contribution in [2.24, 2.45) is 11.7 Å². The lowest BCUT2D eigenvalue weighted by molar-refractivity contribution is -0.134. The van der Waals surface area contributed by atoms with E-state index in [1.54, 1.807) is 6.92 Å². The van der Waals surface area contributed by atoms with Gasteiger partial charge < -0.3 is 27.0 Å². The molecule has 0 bridgehead atoms. The fourth-order valence-corrected chi connectivity index (χ4v) is 6.00. The highest BCUT2D eigenvalue weighted by molar-refractivity contribution is 5.95. The molecule has 9 nitrogen and oxygen atoms in total. The van der Waals surface area contributed by atoms with E-state index in [2.05, 4.69) is 21.3 Å². The molecule has 0 aromatic heterocycles. The average molecular weight is 714 g/mol. The van der Waals surface area contributed by atoms with Crippen LogP contribution in [0.25, 0.3) is 10.8 Å². The monoisotopic (exact) mass is 713 g/mol. The van der Waals surface area contributed by atoms with Gasteiger partial charge in [-0.2, -0.15) is 0 Å². The fourth-order valence-electron chi connectivity index (χ4n) is 6.00. The van der Waals surface area contributed by atoms with Gasteiger partial charge in [-0.1, -0.05) is 93.9 Å². The third-order valence-corrected chi connectivity index (χ3v) is 9.29. The van der Waals surface area contributed by atoms with Crippen LogP contribution in [0.2, 0.25) is 0 Å². The highest BCUT2D eigenvalue weighted by Crippen LogP contribution is 2.24. The second-order valence-corrected chi connectivity index (χ2v) is 13.1. The van der Waals surface area contributed by atoms with E-state index >= 15 is 0 Å². The van der Waals surface area contributed by atoms with Crippen molar-refractivity contribution in [2.45, 2.75) is 83.5 Å². The van der Waals surface area contributed by atoms with E-state index in [0.29, 0.717) is 36.9 Å². The number of halogens is 2. The van der Waals surface area contributed by atoms with E-state index in [0.717, 1.165) is 16.3 Å². The fraction of sp³-hybridized carbons (Fsp3) is 0.366. The molecular weight excluding hydrogens is 664 g/mol. The number of hydrogen-bond acceptors (Lipinski definition) is 5. The van der Waals surface area contributed by atoms with Crippen LogP contribution in [0.5, 0.6) is 0 Å². The predicted molar refractivity (Wildman–Crippen MR) is 199 cm³/mol. The van der Waals surface area contributed by atoms with Crippen LogP contribution in [0, 0.1) is 17.6 Å². The zero-order chi connectivity index (χ0) is 37.6. The molecule has 0 saturated carbocycles. The van der Waals surface area contributed by atoms with Crippen LogP contribution in [0.4, 0.5) is 8.78 Å². The standard InChI is InChI=1S/C41H49F2N5O4/c1-4-26(3)37(47-40(51)35(45-36(49)5-2)25-27-13-14-28-10-6-7-11-31(28)24-27)41(52)46-34(12-8-9-23-44)39(50)48-38(29-15-19-32(42)20-16-29)30-17-21-33(43)22-18-30/h6-7,10-11,13-22,24,26,34-35,37-38H,4-5,8-9,12,23,25,44H2,1-3H3,(H,45,49)(H,46,52)(H,47,51)(H,48,50)/t26-,34-,35-,37-/m0/s1. The highest BCUT2D eigenvalue weighted by atomic mass is 19.1. The van der Waals surface area contributed by atoms with E-state index in [-0.39, 0.29) is 31.1 Å². The maximum Gasteiger partial charge on any atom is 0.243 e. The highest BCUT2D eigenvalue weighted by Gasteiger charge is 2.33. The van der Waals surface area contributed by atoms with E-state index in [1.165, 1.54) is 48.5 Å². The summed E-state index contributed by atoms with van der Waals surface area (Å²) in [7, 11) is 0. The predicted octanol–water partition coefficient (Wildman–Crippen LogP) is 5.61. The molecule has 0 spiro atoms. The summed E-state index contributed by atoms with van der Waals surface area (Å²) in [6.45, 7) is 5.81. The summed E-state index contributed by atoms with van der Waals surface area (Å²) in [5.74, 6) is -3.12. The number of hydrogen-bond donors (Lipinski definition) is 5. The lowest BCUT2D eigenvalue weighted by Crippen LogP contribution is -2.59. The Morgan fingerprint density at radius 2 is 1.27 bits per heavy atom. The zero-order valence-electron chi connectivity index (χ0n) is 30.0. The van der Waals surface area contributed by atoms with Crippen molar-refractivity contribution < 1.29 is 28.0 Å². The van der Waals surface area contributed by atoms with Gasteiger partial charge in [-0.3, -0.25) is 19.2 Å². The van der Waals surface area contributed by atoms with Crippen LogP contribution in [-0.4, -0.2) is 48.3 Å². The van der Waals surface area contributed by atoms with Gasteiger partial charge in [-0.15, -0.1) is 0 Å². The van der Waals surface area contributed by atoms with Crippen molar-refractivity contribution >= 4 is 34.4 Å². The average Bonchev–Trinajstić information content (AvgIpc) is 3.15. The topological polar surface area (TPSA) is 142 Å². The van der Waals surface area contributed by atoms with Crippen molar-refractivity contribution in [3.63, 3.8) is 0 Å². The molecule has 0 aliphatic carbocycles. The minimum Gasteiger partial charge on any atom is -0.344 e. The Labute approximate surface area is 304 Å². The van der Waals surface area contributed by atoms with Crippen LogP contribution in [0.1, 0.15) is 75.6 Å². The number of nitrogens with one attached hydrogen (secondary N) is 4. The van der Waals surface area contributed by atoms with Crippen LogP contribution in [-0.2, 0) is 25.6 Å². The third kappa shape index (κ3) is 11.2. The Hall–Kier alpha value is -5.16. The van der Waals surface area contributed by atoms with Crippen LogP contribution >= 0.6 is 0 Å². The van der Waals surface area contributed by atoms with E-state index in [4.69, 9.17) is 5.73 Å². The number of benzene rings is 4. The van der Waals surface area contributed by atoms with Gasteiger partial charge in [-0.05, 0) is 83.5 Å². The van der Waals surface area contributed by atoms with Gasteiger partial charge in [0.2, 0.25) is 23.6 Å². The Morgan fingerprint density at radius 1 is 0.673 bits per heavy atom. The van der Waals surface area contributed by atoms with E-state index in [9.17, 15) is 28.0 Å². The molecule has 4 aromatic rings. The Balaban J connectivity index is 1.56. The summed E-state index contributed by atoms with van der Waals surface area (Å²) in [6, 6.07) is 21.1. The number of nitrogens with two attached hydrogens (primary N) is 1. The molecule has 0 unspecified atom stereocenters. The van der Waals surface area contributed by atoms with Crippen LogP contribution in [0.3, 0.4) is 0 Å². The molecule has 4 aromatic carbocycles. The molecule has 4 atom stereocenters. The summed E-state index contributed by atoms with van der Waals surface area (Å²) in [6.07, 6.45) is 2.31. The molecule has 0 heterocycles. The molecule has 0 fully saturated rings. The summed E-state index contributed by atoms with van der Waals surface area (Å²) in [5, 5.41) is 13.6. The SMILES string of the molecule is CCC(=O)N[C@@H](Cc1ccc2ccccc2c1)C(=O)N[C@H](C(=O)N[C@@H](CCCCN)C(=O)NC(c1ccc(F)cc1)c1ccc(F)cc1)[C@@H](C)CC. The molecule has 0 saturated heterocycles. The molecule has 6 N–H and O–H groups in total. The normalized spacial score (nSPS) is 13.5. The van der Waals surface area contributed by atoms with E-state index in [1.807, 2.05) is 56.3 Å². The van der Waals surface area contributed by atoms with Gasteiger partial charge >= 0.3 is 0 Å². The largest absolute Gasteiger partial charge is 0.344 e. The molecule has 0 aliphatic heterocycles. The van der Waals surface area contributed by atoms with Crippen LogP contribution in [0.15, 0.2) is 91.0 Å². The molecule has 52 heavy (non-hydrogen) atoms. The Morgan fingerprint density at radius 3 is 1.85 bits per heavy atom. The zero-order valence-corrected chi connectivity index (χ0v) is 30.0. The number of amides is 4. The first-order valence-electron chi connectivity index (χ1n) is 17.9. The maximum atomic E-state index is 14.0. The van der Waals surface area contributed by atoms with Crippen molar-refractivity contribution in [1.29, 1.82) is 0 Å². The molecule has 276 valence electrons. The van der Waals surface area contributed by atoms with E-state index < -0.39 is 53.5 Å². The summed E-state index contributed by atoms with van der Waals surface area (Å²) in [4.78, 5) is 54.4. The summed E-state index contributed by atoms with van der Waals surface area (Å²) >= 11 is 0. The first kappa shape index (κ1) is 39.6. The molecule has 11 heteroatoms. The second kappa shape index (κ2) is 19.4. The second-order valence-electron chi connectivity index (χ2n) is 13.1. The molecule has 0 radical (unpaired) electrons. The minimum atomic E-state index is -1.02. The molecule has 0 aliphatic rings. The number of fused-ring (bicyclic) bond motifs is 1. The van der Waals surface area contributed by atoms with Gasteiger partial charge in [0.1, 0.15) is 29.8 Å². The first-order chi connectivity index (χ1) is 25.0. The quantitative estimate of drug-likeness (QED) is 0.0854. The maximum absolute atomic E-state index is 14.0. The number of carbonyl (C=O) groups excluding carboxylic acids is 4. The summed E-state index contributed by atoms with van der Waals surface area (Å²) < 4.78 is 27.6. The summed E-state index contributed by atoms with van der Waals surface area (Å²) in [5.41, 5.74) is 7.70. The van der Waals surface area contributed by atoms with Crippen molar-refractivity contribution in [3.8, 4) is 0 Å². The lowest BCUT2D eigenvalue weighted by Gasteiger charge is -2.29. The first-order valence-corrected chi connectivity index (χ1v) is 17.9. The van der Waals surface area contributed by atoms with Gasteiger partial charge in [-0.25, -0.2) is 8.78 Å². The minimum absolute atomic E-state index is 0.174. The number of unbranched alkanes of at least 4 members (excludes halogenated alkanes) is 1. The molecular formula is C41H49F2N5O4. The molecule has 4 rings (SSSR count). The van der Waals surface area contributed by atoms with Crippen molar-refractivity contribution in [2.75, 3.05) is 6.54 Å². The Kier molecular flexibility index (Phi) is 14.8. The molecule has 4 amide bonds. The van der Waals surface area contributed by atoms with Crippen LogP contribution < -0.4 is 27.0 Å². The third-order valence-electron chi connectivity index (χ3n) is 9.29. The number of rotatable bonds is 18. The van der Waals surface area contributed by atoms with Gasteiger partial charge in [0.15, 0.2) is 0 Å². The van der Waals surface area contributed by atoms with Crippen molar-refractivity contribution in [3.05, 3.63) is 119 Å².